The first kappa shape index (κ1) is 25.1. The molecule has 0 fully saturated rings. The number of hydrogen-bond donors (Lipinski definition) is 0. The molecule has 0 N–H and O–H groups in total. The molecule has 6 aromatic rings. The van der Waals surface area contributed by atoms with E-state index in [1.165, 1.54) is 6.08 Å². The smallest absolute Gasteiger partial charge is 0.153 e. The van der Waals surface area contributed by atoms with E-state index in [1.807, 2.05) is 60.7 Å². The van der Waals surface area contributed by atoms with Crippen molar-refractivity contribution in [3.05, 3.63) is 114 Å². The highest BCUT2D eigenvalue weighted by atomic mass is 32.1. The molecule has 0 amide bonds. The number of anilines is 3. The molecule has 0 aliphatic rings. The second kappa shape index (κ2) is 10.5. The van der Waals surface area contributed by atoms with Crippen molar-refractivity contribution in [2.45, 2.75) is 0 Å². The van der Waals surface area contributed by atoms with Crippen LogP contribution in [0.25, 0.3) is 37.8 Å². The predicted octanol–water partition coefficient (Wildman–Crippen LogP) is 8.35. The fraction of sp³-hybridized carbons (Fsp3) is 0. The molecule has 6 rings (SSSR count). The Morgan fingerprint density at radius 2 is 1.37 bits per heavy atom. The van der Waals surface area contributed by atoms with E-state index in [1.54, 1.807) is 47.9 Å². The molecule has 0 aliphatic carbocycles. The van der Waals surface area contributed by atoms with Crippen molar-refractivity contribution in [3.63, 3.8) is 0 Å². The van der Waals surface area contributed by atoms with Gasteiger partial charge >= 0.3 is 0 Å². The molecule has 0 radical (unpaired) electrons. The lowest BCUT2D eigenvalue weighted by atomic mass is 10.1. The maximum absolute atomic E-state index is 9.25. The second-order valence-electron chi connectivity index (χ2n) is 8.99. The van der Waals surface area contributed by atoms with Crippen molar-refractivity contribution < 1.29 is 4.42 Å². The molecule has 0 saturated carbocycles. The van der Waals surface area contributed by atoms with Crippen LogP contribution in [0.1, 0.15) is 16.8 Å². The molecular weight excluding hydrogens is 528 g/mol. The molecule has 41 heavy (non-hydrogen) atoms. The van der Waals surface area contributed by atoms with Gasteiger partial charge in [0.05, 0.1) is 33.7 Å². The van der Waals surface area contributed by atoms with Crippen LogP contribution in [0, 0.1) is 45.3 Å². The van der Waals surface area contributed by atoms with E-state index < -0.39 is 0 Å². The first-order valence-electron chi connectivity index (χ1n) is 12.3. The Bertz CT molecular complexity index is 2050. The van der Waals surface area contributed by atoms with Gasteiger partial charge < -0.3 is 9.32 Å². The summed E-state index contributed by atoms with van der Waals surface area (Å²) in [7, 11) is 0. The third kappa shape index (κ3) is 4.76. The maximum Gasteiger partial charge on any atom is 0.153 e. The van der Waals surface area contributed by atoms with Gasteiger partial charge in [-0.2, -0.15) is 21.0 Å². The Balaban J connectivity index is 1.38. The largest absolute Gasteiger partial charge is 0.454 e. The van der Waals surface area contributed by atoms with E-state index in [4.69, 9.17) is 14.9 Å². The molecule has 0 bridgehead atoms. The van der Waals surface area contributed by atoms with Gasteiger partial charge in [-0.05, 0) is 84.9 Å². The number of hydrogen-bond acceptors (Lipinski definition) is 8. The van der Waals surface area contributed by atoms with Crippen LogP contribution in [0.2, 0.25) is 0 Å². The number of allylic oxidation sites excluding steroid dienone is 1. The van der Waals surface area contributed by atoms with Crippen LogP contribution < -0.4 is 4.90 Å². The predicted molar refractivity (Wildman–Crippen MR) is 158 cm³/mol. The quantitative estimate of drug-likeness (QED) is 0.200. The summed E-state index contributed by atoms with van der Waals surface area (Å²) in [6.45, 7) is 0. The van der Waals surface area contributed by atoms with Crippen LogP contribution >= 0.6 is 11.3 Å². The summed E-state index contributed by atoms with van der Waals surface area (Å²) in [6.07, 6.45) is 3.10. The first-order chi connectivity index (χ1) is 20.1. The molecule has 190 valence electrons. The number of pyridine rings is 1. The van der Waals surface area contributed by atoms with Crippen LogP contribution in [0.3, 0.4) is 0 Å². The van der Waals surface area contributed by atoms with Gasteiger partial charge in [0.1, 0.15) is 23.5 Å². The van der Waals surface area contributed by atoms with Crippen LogP contribution in [-0.2, 0) is 0 Å². The zero-order chi connectivity index (χ0) is 28.3. The first-order valence-corrected chi connectivity index (χ1v) is 13.2. The molecular formula is C33H16N6OS. The molecule has 0 aliphatic heterocycles. The molecule has 7 nitrogen and oxygen atoms in total. The minimum Gasteiger partial charge on any atom is -0.454 e. The monoisotopic (exact) mass is 544 g/mol. The zero-order valence-electron chi connectivity index (χ0n) is 21.2. The average Bonchev–Trinajstić information content (AvgIpc) is 3.59. The fourth-order valence-electron chi connectivity index (χ4n) is 4.51. The molecule has 3 aromatic carbocycles. The molecule has 8 heteroatoms. The zero-order valence-corrected chi connectivity index (χ0v) is 22.1. The van der Waals surface area contributed by atoms with Crippen LogP contribution in [0.5, 0.6) is 0 Å². The summed E-state index contributed by atoms with van der Waals surface area (Å²) < 4.78 is 8.31. The Hall–Kier alpha value is -6.19. The summed E-state index contributed by atoms with van der Waals surface area (Å²) in [5.74, 6) is 0.679. The molecule has 0 unspecified atom stereocenters. The Morgan fingerprint density at radius 3 is 1.93 bits per heavy atom. The standard InChI is InChI=1S/C33H16N6OS/c34-16-21-1-7-26(8-2-21)39(27-9-3-22(17-35)4-10-27)28-11-12-29-31(14-28)41-32-15-30(40-33(29)32)24-5-6-25(38-20-24)13-23(18-36)19-37/h1-15,20H. The van der Waals surface area contributed by atoms with Gasteiger partial charge in [-0.1, -0.05) is 0 Å². The highest BCUT2D eigenvalue weighted by molar-refractivity contribution is 7.25. The number of benzene rings is 3. The minimum atomic E-state index is -0.00784. The van der Waals surface area contributed by atoms with Crippen molar-refractivity contribution in [2.75, 3.05) is 4.90 Å². The average molecular weight is 545 g/mol. The molecule has 3 aromatic heterocycles. The van der Waals surface area contributed by atoms with Gasteiger partial charge in [-0.25, -0.2) is 0 Å². The SMILES string of the molecule is N#CC(C#N)=Cc1ccc(-c2cc3sc4cc(N(c5ccc(C#N)cc5)c5ccc(C#N)cc5)ccc4c3o2)cn1. The van der Waals surface area contributed by atoms with E-state index in [0.717, 1.165) is 43.0 Å². The van der Waals surface area contributed by atoms with Crippen molar-refractivity contribution >= 4 is 54.8 Å². The minimum absolute atomic E-state index is 0.00784. The summed E-state index contributed by atoms with van der Waals surface area (Å²) in [5, 5.41) is 37.4. The fourth-order valence-corrected chi connectivity index (χ4v) is 5.61. The van der Waals surface area contributed by atoms with E-state index in [-0.39, 0.29) is 5.57 Å². The summed E-state index contributed by atoms with van der Waals surface area (Å²) in [4.78, 5) is 6.43. The third-order valence-corrected chi connectivity index (χ3v) is 7.58. The number of thiophene rings is 1. The summed E-state index contributed by atoms with van der Waals surface area (Å²) in [5.41, 5.74) is 5.95. The third-order valence-electron chi connectivity index (χ3n) is 6.50. The van der Waals surface area contributed by atoms with Gasteiger partial charge in [-0.15, -0.1) is 11.3 Å². The number of fused-ring (bicyclic) bond motifs is 3. The molecule has 0 atom stereocenters. The van der Waals surface area contributed by atoms with Crippen LogP contribution in [0.4, 0.5) is 17.1 Å². The lowest BCUT2D eigenvalue weighted by molar-refractivity contribution is 0.635. The summed E-state index contributed by atoms with van der Waals surface area (Å²) >= 11 is 1.62. The van der Waals surface area contributed by atoms with Gasteiger partial charge in [-0.3, -0.25) is 4.98 Å². The van der Waals surface area contributed by atoms with Crippen LogP contribution in [0.15, 0.2) is 101 Å². The Kier molecular flexibility index (Phi) is 6.44. The van der Waals surface area contributed by atoms with Crippen molar-refractivity contribution in [2.24, 2.45) is 0 Å². The highest BCUT2D eigenvalue weighted by Crippen LogP contribution is 2.42. The Morgan fingerprint density at radius 1 is 0.732 bits per heavy atom. The number of nitrogens with zero attached hydrogens (tertiary/aromatic N) is 6. The second-order valence-corrected chi connectivity index (χ2v) is 10.1. The number of aromatic nitrogens is 1. The number of rotatable bonds is 5. The summed E-state index contributed by atoms with van der Waals surface area (Å²) in [6, 6.07) is 34.5. The van der Waals surface area contributed by atoms with Crippen molar-refractivity contribution in [1.82, 2.24) is 4.98 Å². The number of furan rings is 1. The van der Waals surface area contributed by atoms with Gasteiger partial charge in [0.25, 0.3) is 0 Å². The van der Waals surface area contributed by atoms with Crippen molar-refractivity contribution in [3.8, 4) is 35.6 Å². The maximum atomic E-state index is 9.25. The lowest BCUT2D eigenvalue weighted by Gasteiger charge is -2.25. The van der Waals surface area contributed by atoms with E-state index in [0.29, 0.717) is 22.6 Å². The molecule has 0 saturated heterocycles. The van der Waals surface area contributed by atoms with Gasteiger partial charge in [0.2, 0.25) is 0 Å². The molecule has 3 heterocycles. The Labute approximate surface area is 238 Å². The van der Waals surface area contributed by atoms with Gasteiger partial charge in [0.15, 0.2) is 5.58 Å². The normalized spacial score (nSPS) is 10.3. The van der Waals surface area contributed by atoms with E-state index in [9.17, 15) is 10.5 Å². The van der Waals surface area contributed by atoms with Gasteiger partial charge in [0, 0.05) is 45.0 Å². The van der Waals surface area contributed by atoms with Crippen molar-refractivity contribution in [1.29, 1.82) is 21.0 Å². The van der Waals surface area contributed by atoms with Crippen LogP contribution in [-0.4, -0.2) is 4.98 Å². The lowest BCUT2D eigenvalue weighted by Crippen LogP contribution is -2.09. The van der Waals surface area contributed by atoms with E-state index in [2.05, 4.69) is 28.1 Å². The van der Waals surface area contributed by atoms with E-state index >= 15 is 0 Å². The highest BCUT2D eigenvalue weighted by Gasteiger charge is 2.17. The topological polar surface area (TPSA) is 124 Å². The number of nitriles is 4. The molecule has 0 spiro atoms.